The molecule has 0 aliphatic carbocycles. The number of carbonyl (C=O) groups is 2. The highest BCUT2D eigenvalue weighted by molar-refractivity contribution is 5.91. The Morgan fingerprint density at radius 2 is 2.09 bits per heavy atom. The van der Waals surface area contributed by atoms with Crippen molar-refractivity contribution >= 4 is 11.8 Å². The standard InChI is InChI=1S/C18H24N2O3/c1-13-4-6-14(7-5-13)11-20-16(8-9-17(20)21)18(22)19-15-3-2-10-23-12-15/h4-7,15-16H,2-3,8-12H2,1H3,(H,19,22). The van der Waals surface area contributed by atoms with Crippen LogP contribution in [0.1, 0.15) is 36.8 Å². The second-order valence-corrected chi connectivity index (χ2v) is 6.48. The molecule has 0 aromatic heterocycles. The Balaban J connectivity index is 1.64. The molecule has 0 radical (unpaired) electrons. The van der Waals surface area contributed by atoms with E-state index in [0.29, 0.717) is 26.0 Å². The molecular weight excluding hydrogens is 292 g/mol. The molecule has 2 heterocycles. The van der Waals surface area contributed by atoms with Crippen molar-refractivity contribution in [1.29, 1.82) is 0 Å². The molecule has 3 rings (SSSR count). The number of nitrogens with zero attached hydrogens (tertiary/aromatic N) is 1. The Bertz CT molecular complexity index is 564. The maximum Gasteiger partial charge on any atom is 0.243 e. The van der Waals surface area contributed by atoms with Crippen molar-refractivity contribution in [3.63, 3.8) is 0 Å². The van der Waals surface area contributed by atoms with Crippen LogP contribution in [0.2, 0.25) is 0 Å². The van der Waals surface area contributed by atoms with Crippen molar-refractivity contribution in [2.24, 2.45) is 0 Å². The van der Waals surface area contributed by atoms with Gasteiger partial charge >= 0.3 is 0 Å². The predicted octanol–water partition coefficient (Wildman–Crippen LogP) is 1.78. The lowest BCUT2D eigenvalue weighted by atomic mass is 10.1. The lowest BCUT2D eigenvalue weighted by Gasteiger charge is -2.28. The third kappa shape index (κ3) is 3.91. The molecule has 124 valence electrons. The monoisotopic (exact) mass is 316 g/mol. The zero-order chi connectivity index (χ0) is 16.2. The Morgan fingerprint density at radius 1 is 1.30 bits per heavy atom. The van der Waals surface area contributed by atoms with Gasteiger partial charge in [0.1, 0.15) is 6.04 Å². The smallest absolute Gasteiger partial charge is 0.243 e. The van der Waals surface area contributed by atoms with Crippen LogP contribution in [0.15, 0.2) is 24.3 Å². The van der Waals surface area contributed by atoms with Crippen LogP contribution in [-0.2, 0) is 20.9 Å². The number of ether oxygens (including phenoxy) is 1. The Kier molecular flexibility index (Phi) is 4.96. The molecule has 2 unspecified atom stereocenters. The molecule has 5 nitrogen and oxygen atoms in total. The van der Waals surface area contributed by atoms with E-state index >= 15 is 0 Å². The van der Waals surface area contributed by atoms with Crippen LogP contribution >= 0.6 is 0 Å². The van der Waals surface area contributed by atoms with Crippen molar-refractivity contribution in [3.8, 4) is 0 Å². The van der Waals surface area contributed by atoms with Crippen LogP contribution in [0.25, 0.3) is 0 Å². The van der Waals surface area contributed by atoms with Gasteiger partial charge in [0.15, 0.2) is 0 Å². The third-order valence-electron chi connectivity index (χ3n) is 4.61. The van der Waals surface area contributed by atoms with Crippen molar-refractivity contribution < 1.29 is 14.3 Å². The van der Waals surface area contributed by atoms with Gasteiger partial charge in [0.05, 0.1) is 12.6 Å². The maximum atomic E-state index is 12.6. The Hall–Kier alpha value is -1.88. The van der Waals surface area contributed by atoms with E-state index < -0.39 is 0 Å². The van der Waals surface area contributed by atoms with E-state index in [1.807, 2.05) is 31.2 Å². The minimum atomic E-state index is -0.356. The van der Waals surface area contributed by atoms with Gasteiger partial charge in [0, 0.05) is 19.6 Å². The molecule has 1 N–H and O–H groups in total. The molecule has 2 saturated heterocycles. The molecule has 2 fully saturated rings. The average Bonchev–Trinajstić information content (AvgIpc) is 2.92. The number of hydrogen-bond donors (Lipinski definition) is 1. The SMILES string of the molecule is Cc1ccc(CN2C(=O)CCC2C(=O)NC2CCCOC2)cc1. The first-order valence-corrected chi connectivity index (χ1v) is 8.36. The molecule has 1 aromatic carbocycles. The molecule has 0 saturated carbocycles. The van der Waals surface area contributed by atoms with E-state index in [1.54, 1.807) is 4.90 Å². The number of rotatable bonds is 4. The Labute approximate surface area is 137 Å². The molecule has 0 bridgehead atoms. The van der Waals surface area contributed by atoms with Crippen LogP contribution < -0.4 is 5.32 Å². The zero-order valence-electron chi connectivity index (χ0n) is 13.6. The first kappa shape index (κ1) is 16.0. The van der Waals surface area contributed by atoms with Crippen LogP contribution in [0.4, 0.5) is 0 Å². The highest BCUT2D eigenvalue weighted by Crippen LogP contribution is 2.22. The summed E-state index contributed by atoms with van der Waals surface area (Å²) in [7, 11) is 0. The first-order valence-electron chi connectivity index (χ1n) is 8.36. The molecule has 2 amide bonds. The number of carbonyl (C=O) groups excluding carboxylic acids is 2. The molecule has 0 spiro atoms. The summed E-state index contributed by atoms with van der Waals surface area (Å²) in [5.41, 5.74) is 2.25. The van der Waals surface area contributed by atoms with Gasteiger partial charge in [-0.2, -0.15) is 0 Å². The maximum absolute atomic E-state index is 12.6. The number of aryl methyl sites for hydroxylation is 1. The minimum absolute atomic E-state index is 0.0431. The van der Waals surface area contributed by atoms with Gasteiger partial charge in [-0.1, -0.05) is 29.8 Å². The van der Waals surface area contributed by atoms with Crippen molar-refractivity contribution in [2.45, 2.75) is 51.2 Å². The summed E-state index contributed by atoms with van der Waals surface area (Å²) in [5.74, 6) is 0.0177. The molecule has 23 heavy (non-hydrogen) atoms. The van der Waals surface area contributed by atoms with Crippen molar-refractivity contribution in [3.05, 3.63) is 35.4 Å². The molecule has 2 atom stereocenters. The number of hydrogen-bond acceptors (Lipinski definition) is 3. The summed E-state index contributed by atoms with van der Waals surface area (Å²) in [6, 6.07) is 7.82. The second-order valence-electron chi connectivity index (χ2n) is 6.48. The van der Waals surface area contributed by atoms with Gasteiger partial charge in [-0.15, -0.1) is 0 Å². The fourth-order valence-electron chi connectivity index (χ4n) is 3.25. The zero-order valence-corrected chi connectivity index (χ0v) is 13.6. The highest BCUT2D eigenvalue weighted by Gasteiger charge is 2.36. The quantitative estimate of drug-likeness (QED) is 0.921. The fourth-order valence-corrected chi connectivity index (χ4v) is 3.25. The highest BCUT2D eigenvalue weighted by atomic mass is 16.5. The summed E-state index contributed by atoms with van der Waals surface area (Å²) in [4.78, 5) is 26.4. The van der Waals surface area contributed by atoms with E-state index in [4.69, 9.17) is 4.74 Å². The van der Waals surface area contributed by atoms with Gasteiger partial charge in [0.2, 0.25) is 11.8 Å². The summed E-state index contributed by atoms with van der Waals surface area (Å²) >= 11 is 0. The molecule has 1 aromatic rings. The van der Waals surface area contributed by atoms with Gasteiger partial charge in [-0.3, -0.25) is 9.59 Å². The van der Waals surface area contributed by atoms with E-state index in [2.05, 4.69) is 5.32 Å². The topological polar surface area (TPSA) is 58.6 Å². The van der Waals surface area contributed by atoms with E-state index in [1.165, 1.54) is 5.56 Å². The normalized spacial score (nSPS) is 24.7. The number of likely N-dealkylation sites (tertiary alicyclic amines) is 1. The van der Waals surface area contributed by atoms with E-state index in [9.17, 15) is 9.59 Å². The van der Waals surface area contributed by atoms with Crippen molar-refractivity contribution in [2.75, 3.05) is 13.2 Å². The fraction of sp³-hybridized carbons (Fsp3) is 0.556. The largest absolute Gasteiger partial charge is 0.379 e. The van der Waals surface area contributed by atoms with Gasteiger partial charge in [-0.25, -0.2) is 0 Å². The van der Waals surface area contributed by atoms with Gasteiger partial charge < -0.3 is 15.0 Å². The number of nitrogens with one attached hydrogen (secondary N) is 1. The molecular formula is C18H24N2O3. The first-order chi connectivity index (χ1) is 11.1. The lowest BCUT2D eigenvalue weighted by Crippen LogP contribution is -2.49. The molecule has 5 heteroatoms. The third-order valence-corrected chi connectivity index (χ3v) is 4.61. The summed E-state index contributed by atoms with van der Waals surface area (Å²) in [6.07, 6.45) is 2.97. The van der Waals surface area contributed by atoms with Gasteiger partial charge in [-0.05, 0) is 31.7 Å². The van der Waals surface area contributed by atoms with Crippen LogP contribution in [0, 0.1) is 6.92 Å². The van der Waals surface area contributed by atoms with E-state index in [-0.39, 0.29) is 23.9 Å². The lowest BCUT2D eigenvalue weighted by molar-refractivity contribution is -0.136. The molecule has 2 aliphatic rings. The van der Waals surface area contributed by atoms with Crippen molar-refractivity contribution in [1.82, 2.24) is 10.2 Å². The summed E-state index contributed by atoms with van der Waals surface area (Å²) < 4.78 is 5.41. The van der Waals surface area contributed by atoms with E-state index in [0.717, 1.165) is 25.0 Å². The predicted molar refractivity (Wildman–Crippen MR) is 86.7 cm³/mol. The summed E-state index contributed by atoms with van der Waals surface area (Å²) in [6.45, 7) is 3.88. The second kappa shape index (κ2) is 7.13. The summed E-state index contributed by atoms with van der Waals surface area (Å²) in [5, 5.41) is 3.05. The van der Waals surface area contributed by atoms with Gasteiger partial charge in [0.25, 0.3) is 0 Å². The van der Waals surface area contributed by atoms with Crippen LogP contribution in [0.5, 0.6) is 0 Å². The average molecular weight is 316 g/mol. The number of amides is 2. The molecule has 2 aliphatic heterocycles. The number of benzene rings is 1. The minimum Gasteiger partial charge on any atom is -0.379 e. The van der Waals surface area contributed by atoms with Crippen LogP contribution in [0.3, 0.4) is 0 Å². The van der Waals surface area contributed by atoms with Crippen LogP contribution in [-0.4, -0.2) is 42.0 Å². The Morgan fingerprint density at radius 3 is 2.78 bits per heavy atom.